The lowest BCUT2D eigenvalue weighted by Gasteiger charge is -2.15. The summed E-state index contributed by atoms with van der Waals surface area (Å²) in [6, 6.07) is 20.0. The number of fused-ring (bicyclic) bond motifs is 1. The summed E-state index contributed by atoms with van der Waals surface area (Å²) >= 11 is 0. The summed E-state index contributed by atoms with van der Waals surface area (Å²) in [5.74, 6) is 0.115. The van der Waals surface area contributed by atoms with Crippen molar-refractivity contribution in [2.24, 2.45) is 4.99 Å². The number of likely N-dealkylation sites (tertiary alicyclic amines) is 1. The fraction of sp³-hybridized carbons (Fsp3) is 0.182. The second-order valence-corrected chi connectivity index (χ2v) is 10.5. The Morgan fingerprint density at radius 2 is 1.91 bits per heavy atom. The monoisotopic (exact) mass is 574 g/mol. The molecular weight excluding hydrogens is 544 g/mol. The van der Waals surface area contributed by atoms with Crippen LogP contribution in [0.3, 0.4) is 0 Å². The molecule has 10 heteroatoms. The molecule has 43 heavy (non-hydrogen) atoms. The number of nitrogens with one attached hydrogen (secondary N) is 2. The molecule has 3 heterocycles. The van der Waals surface area contributed by atoms with E-state index in [2.05, 4.69) is 15.0 Å². The van der Waals surface area contributed by atoms with Crippen molar-refractivity contribution in [1.82, 2.24) is 19.9 Å². The Labute approximate surface area is 247 Å². The van der Waals surface area contributed by atoms with Crippen LogP contribution in [-0.4, -0.2) is 54.6 Å². The third kappa shape index (κ3) is 6.23. The normalized spacial score (nSPS) is 13.9. The molecule has 0 bridgehead atoms. The molecule has 0 aliphatic carbocycles. The number of carbonyl (C=O) groups is 1. The summed E-state index contributed by atoms with van der Waals surface area (Å²) < 4.78 is 0. The van der Waals surface area contributed by atoms with Gasteiger partial charge in [0, 0.05) is 48.1 Å². The maximum absolute atomic E-state index is 11.9. The van der Waals surface area contributed by atoms with Crippen LogP contribution >= 0.6 is 0 Å². The highest BCUT2D eigenvalue weighted by Gasteiger charge is 2.22. The maximum atomic E-state index is 11.9. The first kappa shape index (κ1) is 27.6. The smallest absolute Gasteiger partial charge is 0.270 e. The van der Waals surface area contributed by atoms with Gasteiger partial charge in [0.25, 0.3) is 5.69 Å². The van der Waals surface area contributed by atoms with E-state index in [-0.39, 0.29) is 17.5 Å². The zero-order valence-electron chi connectivity index (χ0n) is 23.4. The van der Waals surface area contributed by atoms with Gasteiger partial charge in [0.05, 0.1) is 40.1 Å². The third-order valence-corrected chi connectivity index (χ3v) is 7.61. The van der Waals surface area contributed by atoms with E-state index in [0.717, 1.165) is 54.7 Å². The number of nitrogens with zero attached hydrogens (tertiary/aromatic N) is 4. The largest absolute Gasteiger partial charge is 0.494 e. The van der Waals surface area contributed by atoms with Gasteiger partial charge in [-0.15, -0.1) is 0 Å². The molecule has 0 saturated carbocycles. The van der Waals surface area contributed by atoms with Crippen molar-refractivity contribution in [2.75, 3.05) is 13.1 Å². The van der Waals surface area contributed by atoms with Crippen LogP contribution in [0.5, 0.6) is 5.88 Å². The van der Waals surface area contributed by atoms with Gasteiger partial charge in [-0.2, -0.15) is 0 Å². The van der Waals surface area contributed by atoms with Crippen molar-refractivity contribution in [2.45, 2.75) is 25.7 Å². The Bertz CT molecular complexity index is 1820. The van der Waals surface area contributed by atoms with Crippen LogP contribution in [0.25, 0.3) is 23.1 Å². The quantitative estimate of drug-likeness (QED) is 0.101. The third-order valence-electron chi connectivity index (χ3n) is 7.61. The van der Waals surface area contributed by atoms with E-state index in [9.17, 15) is 20.0 Å². The predicted octanol–water partition coefficient (Wildman–Crippen LogP) is 6.40. The number of benzene rings is 3. The average Bonchev–Trinajstić information content (AvgIpc) is 3.76. The van der Waals surface area contributed by atoms with E-state index >= 15 is 0 Å². The van der Waals surface area contributed by atoms with E-state index in [1.54, 1.807) is 18.6 Å². The van der Waals surface area contributed by atoms with Gasteiger partial charge in [0.15, 0.2) is 5.88 Å². The average molecular weight is 575 g/mol. The van der Waals surface area contributed by atoms with E-state index in [4.69, 9.17) is 4.99 Å². The molecule has 6 rings (SSSR count). The number of non-ortho nitro benzene ring substituents is 1. The molecule has 3 N–H and O–H groups in total. The summed E-state index contributed by atoms with van der Waals surface area (Å²) in [4.78, 5) is 39.9. The Morgan fingerprint density at radius 3 is 2.60 bits per heavy atom. The number of aromatic hydroxyl groups is 1. The second kappa shape index (κ2) is 12.2. The number of H-pyrrole nitrogens is 2. The fourth-order valence-electron chi connectivity index (χ4n) is 5.36. The zero-order chi connectivity index (χ0) is 29.8. The van der Waals surface area contributed by atoms with E-state index in [1.807, 2.05) is 65.6 Å². The van der Waals surface area contributed by atoms with Gasteiger partial charge in [0.2, 0.25) is 5.91 Å². The topological polar surface area (TPSA) is 141 Å². The van der Waals surface area contributed by atoms with Crippen molar-refractivity contribution in [3.8, 4) is 5.88 Å². The number of carbonyl (C=O) groups excluding carboxylic acids is 1. The number of amides is 1. The van der Waals surface area contributed by atoms with Crippen LogP contribution in [0.1, 0.15) is 47.2 Å². The molecule has 3 aromatic carbocycles. The molecule has 10 nitrogen and oxygen atoms in total. The number of rotatable bonds is 10. The zero-order valence-corrected chi connectivity index (χ0v) is 23.4. The first-order valence-corrected chi connectivity index (χ1v) is 14.2. The number of aryl methyl sites for hydroxylation is 1. The fourth-order valence-corrected chi connectivity index (χ4v) is 5.36. The van der Waals surface area contributed by atoms with Crippen molar-refractivity contribution < 1.29 is 14.8 Å². The molecule has 0 radical (unpaired) electrons. The lowest BCUT2D eigenvalue weighted by molar-refractivity contribution is -0.384. The van der Waals surface area contributed by atoms with Gasteiger partial charge in [-0.1, -0.05) is 42.5 Å². The first-order valence-electron chi connectivity index (χ1n) is 14.2. The van der Waals surface area contributed by atoms with Crippen LogP contribution < -0.4 is 0 Å². The minimum atomic E-state index is -0.454. The van der Waals surface area contributed by atoms with Crippen molar-refractivity contribution >= 4 is 46.0 Å². The molecule has 0 atom stereocenters. The Morgan fingerprint density at radius 1 is 1.09 bits per heavy atom. The summed E-state index contributed by atoms with van der Waals surface area (Å²) in [5, 5.41) is 23.1. The summed E-state index contributed by atoms with van der Waals surface area (Å²) in [5.41, 5.74) is 5.77. The summed E-state index contributed by atoms with van der Waals surface area (Å²) in [6.45, 7) is 1.59. The molecular formula is C33H30N6O4. The van der Waals surface area contributed by atoms with Crippen LogP contribution in [0, 0.1) is 10.1 Å². The molecule has 0 spiro atoms. The van der Waals surface area contributed by atoms with E-state index in [1.165, 1.54) is 12.1 Å². The highest BCUT2D eigenvalue weighted by Crippen LogP contribution is 2.34. The Balaban J connectivity index is 1.33. The maximum Gasteiger partial charge on any atom is 0.270 e. The van der Waals surface area contributed by atoms with Gasteiger partial charge in [0.1, 0.15) is 0 Å². The van der Waals surface area contributed by atoms with Gasteiger partial charge < -0.3 is 20.0 Å². The molecule has 216 valence electrons. The summed E-state index contributed by atoms with van der Waals surface area (Å²) in [7, 11) is 0. The molecule has 5 aromatic rings. The minimum absolute atomic E-state index is 0.0765. The Hall–Kier alpha value is -5.51. The first-order chi connectivity index (χ1) is 20.9. The SMILES string of the molecule is O=C1CCCN1CCCc1ccc(C(=Nc2ccc(C=Cc3cnc[nH]3)cc2)c2c(O)[nH]c3ccc([N+](=O)[O-])cc23)cc1. The van der Waals surface area contributed by atoms with Gasteiger partial charge in [-0.05, 0) is 54.7 Å². The van der Waals surface area contributed by atoms with E-state index < -0.39 is 4.92 Å². The standard InChI is InChI=1S/C33H30N6O4/c40-30-4-2-18-38(30)17-1-3-22-5-10-24(11-6-22)32(31-28-19-27(39(42)43)15-16-29(28)37-33(31)41)36-25-12-7-23(8-13-25)9-14-26-20-34-21-35-26/h5-16,19-21,37,41H,1-4,17-18H2,(H,34,35). The number of nitro benzene ring substituents is 1. The van der Waals surface area contributed by atoms with Crippen molar-refractivity contribution in [3.63, 3.8) is 0 Å². The highest BCUT2D eigenvalue weighted by molar-refractivity contribution is 6.22. The molecule has 1 saturated heterocycles. The van der Waals surface area contributed by atoms with Gasteiger partial charge >= 0.3 is 0 Å². The van der Waals surface area contributed by atoms with Crippen LogP contribution in [0.4, 0.5) is 11.4 Å². The van der Waals surface area contributed by atoms with Crippen molar-refractivity contribution in [1.29, 1.82) is 0 Å². The molecule has 2 aromatic heterocycles. The number of nitro groups is 1. The molecule has 1 aliphatic heterocycles. The number of aliphatic imine (C=N–C) groups is 1. The Kier molecular flexibility index (Phi) is 7.82. The van der Waals surface area contributed by atoms with Gasteiger partial charge in [-0.3, -0.25) is 14.9 Å². The number of aromatic amines is 2. The van der Waals surface area contributed by atoms with Crippen LogP contribution in [0.2, 0.25) is 0 Å². The number of imidazole rings is 1. The lowest BCUT2D eigenvalue weighted by atomic mass is 9.98. The van der Waals surface area contributed by atoms with Crippen molar-refractivity contribution in [3.05, 3.63) is 117 Å². The molecule has 0 unspecified atom stereocenters. The number of hydrogen-bond donors (Lipinski definition) is 3. The van der Waals surface area contributed by atoms with E-state index in [0.29, 0.717) is 34.3 Å². The lowest BCUT2D eigenvalue weighted by Crippen LogP contribution is -2.25. The highest BCUT2D eigenvalue weighted by atomic mass is 16.6. The number of hydrogen-bond acceptors (Lipinski definition) is 6. The van der Waals surface area contributed by atoms with Gasteiger partial charge in [-0.25, -0.2) is 9.98 Å². The predicted molar refractivity (Wildman–Crippen MR) is 166 cm³/mol. The molecule has 1 amide bonds. The minimum Gasteiger partial charge on any atom is -0.494 e. The van der Waals surface area contributed by atoms with Crippen LogP contribution in [0.15, 0.2) is 84.2 Å². The number of aromatic nitrogens is 3. The molecule has 1 aliphatic rings. The molecule has 1 fully saturated rings. The summed E-state index contributed by atoms with van der Waals surface area (Å²) in [6.07, 6.45) is 10.5. The van der Waals surface area contributed by atoms with Crippen LogP contribution in [-0.2, 0) is 11.2 Å². The second-order valence-electron chi connectivity index (χ2n) is 10.5.